The van der Waals surface area contributed by atoms with Crippen LogP contribution in [0.4, 0.5) is 0 Å². The summed E-state index contributed by atoms with van der Waals surface area (Å²) in [5.41, 5.74) is 1.86. The minimum absolute atomic E-state index is 0.484. The Morgan fingerprint density at radius 1 is 1.10 bits per heavy atom. The molecule has 20 heavy (non-hydrogen) atoms. The van der Waals surface area contributed by atoms with Gasteiger partial charge < -0.3 is 10.2 Å². The van der Waals surface area contributed by atoms with Crippen LogP contribution in [0.1, 0.15) is 39.2 Å². The average molecular weight is 274 g/mol. The Hall–Kier alpha value is -0.860. The summed E-state index contributed by atoms with van der Waals surface area (Å²) < 4.78 is 0. The van der Waals surface area contributed by atoms with Crippen LogP contribution >= 0.6 is 0 Å². The molecular formula is C18H30N2. The SMILES string of the molecule is CC(C)(C)C1CCN(CCNCc2ccccc2)CC1. The third-order valence-corrected chi connectivity index (χ3v) is 4.59. The maximum Gasteiger partial charge on any atom is 0.0206 e. The highest BCUT2D eigenvalue weighted by Gasteiger charge is 2.28. The zero-order chi connectivity index (χ0) is 14.4. The number of nitrogens with zero attached hydrogens (tertiary/aromatic N) is 1. The van der Waals surface area contributed by atoms with Gasteiger partial charge in [0.2, 0.25) is 0 Å². The molecule has 112 valence electrons. The molecule has 2 nitrogen and oxygen atoms in total. The molecule has 2 heteroatoms. The van der Waals surface area contributed by atoms with Crippen LogP contribution in [0, 0.1) is 11.3 Å². The number of hydrogen-bond donors (Lipinski definition) is 1. The summed E-state index contributed by atoms with van der Waals surface area (Å²) >= 11 is 0. The molecule has 1 heterocycles. The molecule has 0 aliphatic carbocycles. The van der Waals surface area contributed by atoms with Gasteiger partial charge in [-0.15, -0.1) is 0 Å². The largest absolute Gasteiger partial charge is 0.311 e. The molecule has 2 rings (SSSR count). The normalized spacial score (nSPS) is 18.4. The molecule has 1 aliphatic heterocycles. The van der Waals surface area contributed by atoms with E-state index < -0.39 is 0 Å². The van der Waals surface area contributed by atoms with Crippen molar-refractivity contribution >= 4 is 0 Å². The average Bonchev–Trinajstić information content (AvgIpc) is 2.44. The van der Waals surface area contributed by atoms with E-state index in [4.69, 9.17) is 0 Å². The van der Waals surface area contributed by atoms with Gasteiger partial charge in [-0.05, 0) is 42.8 Å². The van der Waals surface area contributed by atoms with Gasteiger partial charge in [0, 0.05) is 19.6 Å². The molecule has 0 aromatic heterocycles. The summed E-state index contributed by atoms with van der Waals surface area (Å²) in [6, 6.07) is 10.6. The Morgan fingerprint density at radius 2 is 1.75 bits per heavy atom. The van der Waals surface area contributed by atoms with E-state index in [9.17, 15) is 0 Å². The molecule has 1 fully saturated rings. The van der Waals surface area contributed by atoms with Gasteiger partial charge >= 0.3 is 0 Å². The fraction of sp³-hybridized carbons (Fsp3) is 0.667. The van der Waals surface area contributed by atoms with Crippen molar-refractivity contribution in [2.24, 2.45) is 11.3 Å². The van der Waals surface area contributed by atoms with Gasteiger partial charge in [0.1, 0.15) is 0 Å². The van der Waals surface area contributed by atoms with Gasteiger partial charge in [-0.25, -0.2) is 0 Å². The topological polar surface area (TPSA) is 15.3 Å². The molecule has 0 radical (unpaired) electrons. The highest BCUT2D eigenvalue weighted by atomic mass is 15.1. The molecule has 0 unspecified atom stereocenters. The second-order valence-corrected chi connectivity index (χ2v) is 7.14. The van der Waals surface area contributed by atoms with Crippen LogP contribution in [0.25, 0.3) is 0 Å². The van der Waals surface area contributed by atoms with Crippen molar-refractivity contribution < 1.29 is 0 Å². The van der Waals surface area contributed by atoms with Gasteiger partial charge in [-0.3, -0.25) is 0 Å². The highest BCUT2D eigenvalue weighted by molar-refractivity contribution is 5.14. The van der Waals surface area contributed by atoms with Crippen molar-refractivity contribution in [3.8, 4) is 0 Å². The van der Waals surface area contributed by atoms with E-state index in [0.29, 0.717) is 5.41 Å². The van der Waals surface area contributed by atoms with Gasteiger partial charge in [-0.1, -0.05) is 51.1 Å². The molecule has 1 aliphatic rings. The summed E-state index contributed by atoms with van der Waals surface area (Å²) in [6.45, 7) is 13.0. The lowest BCUT2D eigenvalue weighted by molar-refractivity contribution is 0.113. The van der Waals surface area contributed by atoms with Crippen molar-refractivity contribution in [3.63, 3.8) is 0 Å². The smallest absolute Gasteiger partial charge is 0.0206 e. The van der Waals surface area contributed by atoms with Crippen LogP contribution < -0.4 is 5.32 Å². The summed E-state index contributed by atoms with van der Waals surface area (Å²) in [4.78, 5) is 2.61. The second-order valence-electron chi connectivity index (χ2n) is 7.14. The first kappa shape index (κ1) is 15.5. The molecule has 1 N–H and O–H groups in total. The Morgan fingerprint density at radius 3 is 2.35 bits per heavy atom. The summed E-state index contributed by atoms with van der Waals surface area (Å²) in [5, 5.41) is 3.55. The van der Waals surface area contributed by atoms with Gasteiger partial charge in [0.25, 0.3) is 0 Å². The minimum Gasteiger partial charge on any atom is -0.311 e. The van der Waals surface area contributed by atoms with Gasteiger partial charge in [-0.2, -0.15) is 0 Å². The van der Waals surface area contributed by atoms with Crippen molar-refractivity contribution in [1.82, 2.24) is 10.2 Å². The first-order chi connectivity index (χ1) is 9.55. The number of benzene rings is 1. The van der Waals surface area contributed by atoms with Gasteiger partial charge in [0.15, 0.2) is 0 Å². The third kappa shape index (κ3) is 4.92. The third-order valence-electron chi connectivity index (χ3n) is 4.59. The van der Waals surface area contributed by atoms with E-state index in [1.54, 1.807) is 0 Å². The number of nitrogens with one attached hydrogen (secondary N) is 1. The Bertz CT molecular complexity index is 372. The summed E-state index contributed by atoms with van der Waals surface area (Å²) in [7, 11) is 0. The standard InChI is InChI=1S/C18H30N2/c1-18(2,3)17-9-12-20(13-10-17)14-11-19-15-16-7-5-4-6-8-16/h4-8,17,19H,9-15H2,1-3H3. The molecule has 0 spiro atoms. The number of likely N-dealkylation sites (tertiary alicyclic amines) is 1. The van der Waals surface area contributed by atoms with Crippen LogP contribution in [-0.4, -0.2) is 31.1 Å². The maximum absolute atomic E-state index is 3.55. The highest BCUT2D eigenvalue weighted by Crippen LogP contribution is 2.33. The Balaban J connectivity index is 1.60. The van der Waals surface area contributed by atoms with Crippen molar-refractivity contribution in [1.29, 1.82) is 0 Å². The van der Waals surface area contributed by atoms with E-state index in [-0.39, 0.29) is 0 Å². The quantitative estimate of drug-likeness (QED) is 0.826. The predicted molar refractivity (Wildman–Crippen MR) is 86.8 cm³/mol. The zero-order valence-corrected chi connectivity index (χ0v) is 13.4. The van der Waals surface area contributed by atoms with Crippen LogP contribution in [0.15, 0.2) is 30.3 Å². The molecule has 1 aromatic carbocycles. The number of piperidine rings is 1. The fourth-order valence-electron chi connectivity index (χ4n) is 3.09. The number of hydrogen-bond acceptors (Lipinski definition) is 2. The van der Waals surface area contributed by atoms with Crippen LogP contribution in [0.5, 0.6) is 0 Å². The molecule has 0 atom stereocenters. The van der Waals surface area contributed by atoms with E-state index in [2.05, 4.69) is 61.3 Å². The predicted octanol–water partition coefficient (Wildman–Crippen LogP) is 3.53. The lowest BCUT2D eigenvalue weighted by Gasteiger charge is -2.38. The van der Waals surface area contributed by atoms with Crippen LogP contribution in [0.3, 0.4) is 0 Å². The number of rotatable bonds is 5. The van der Waals surface area contributed by atoms with E-state index in [1.807, 2.05) is 0 Å². The molecule has 0 bridgehead atoms. The lowest BCUT2D eigenvalue weighted by Crippen LogP contribution is -2.40. The van der Waals surface area contributed by atoms with E-state index in [0.717, 1.165) is 19.0 Å². The molecular weight excluding hydrogens is 244 g/mol. The van der Waals surface area contributed by atoms with E-state index >= 15 is 0 Å². The molecule has 0 amide bonds. The van der Waals surface area contributed by atoms with Crippen molar-refractivity contribution in [2.45, 2.75) is 40.2 Å². The van der Waals surface area contributed by atoms with Crippen molar-refractivity contribution in [3.05, 3.63) is 35.9 Å². The summed E-state index contributed by atoms with van der Waals surface area (Å²) in [5.74, 6) is 0.899. The minimum atomic E-state index is 0.484. The lowest BCUT2D eigenvalue weighted by atomic mass is 9.75. The second kappa shape index (κ2) is 7.24. The molecule has 1 aromatic rings. The summed E-state index contributed by atoms with van der Waals surface area (Å²) in [6.07, 6.45) is 2.73. The Kier molecular flexibility index (Phi) is 5.62. The zero-order valence-electron chi connectivity index (χ0n) is 13.4. The van der Waals surface area contributed by atoms with Gasteiger partial charge in [0.05, 0.1) is 0 Å². The van der Waals surface area contributed by atoms with Crippen LogP contribution in [-0.2, 0) is 6.54 Å². The van der Waals surface area contributed by atoms with Crippen molar-refractivity contribution in [2.75, 3.05) is 26.2 Å². The first-order valence-corrected chi connectivity index (χ1v) is 8.03. The Labute approximate surface area is 124 Å². The maximum atomic E-state index is 3.55. The molecule has 1 saturated heterocycles. The van der Waals surface area contributed by atoms with E-state index in [1.165, 1.54) is 38.0 Å². The molecule has 0 saturated carbocycles. The fourth-order valence-corrected chi connectivity index (χ4v) is 3.09. The first-order valence-electron chi connectivity index (χ1n) is 8.03. The monoisotopic (exact) mass is 274 g/mol. The van der Waals surface area contributed by atoms with Crippen LogP contribution in [0.2, 0.25) is 0 Å².